The predicted octanol–water partition coefficient (Wildman–Crippen LogP) is 3.78. The molecule has 0 aromatic heterocycles. The van der Waals surface area contributed by atoms with E-state index >= 15 is 0 Å². The fraction of sp³-hybridized carbons (Fsp3) is 0.500. The quantitative estimate of drug-likeness (QED) is 0.845. The largest absolute Gasteiger partial charge is 0.328 e. The molecule has 2 rings (SSSR count). The summed E-state index contributed by atoms with van der Waals surface area (Å²) in [6, 6.07) is 3.91. The number of amides is 2. The molecule has 1 unspecified atom stereocenters. The zero-order chi connectivity index (χ0) is 14.7. The molecule has 0 bridgehead atoms. The summed E-state index contributed by atoms with van der Waals surface area (Å²) < 4.78 is 13.6. The van der Waals surface area contributed by atoms with Crippen LogP contribution in [0.5, 0.6) is 0 Å². The van der Waals surface area contributed by atoms with Crippen molar-refractivity contribution in [3.8, 4) is 0 Å². The highest BCUT2D eigenvalue weighted by molar-refractivity contribution is 6.44. The maximum atomic E-state index is 13.6. The number of likely N-dealkylation sites (tertiary alicyclic amines) is 1. The van der Waals surface area contributed by atoms with E-state index in [1.807, 2.05) is 0 Å². The van der Waals surface area contributed by atoms with E-state index in [0.29, 0.717) is 11.1 Å². The number of rotatable bonds is 3. The number of carbonyl (C=O) groups excluding carboxylic acids is 1. The van der Waals surface area contributed by atoms with Crippen molar-refractivity contribution in [3.05, 3.63) is 35.1 Å². The fourth-order valence-electron chi connectivity index (χ4n) is 2.24. The van der Waals surface area contributed by atoms with Crippen molar-refractivity contribution in [1.29, 1.82) is 0 Å². The average molecular weight is 319 g/mol. The first-order valence-corrected chi connectivity index (χ1v) is 7.46. The van der Waals surface area contributed by atoms with Crippen LogP contribution in [-0.4, -0.2) is 28.9 Å². The molecule has 1 atom stereocenters. The molecule has 0 aliphatic carbocycles. The van der Waals surface area contributed by atoms with E-state index in [1.54, 1.807) is 24.0 Å². The summed E-state index contributed by atoms with van der Waals surface area (Å²) >= 11 is 11.9. The normalized spacial score (nSPS) is 16.6. The van der Waals surface area contributed by atoms with Crippen LogP contribution in [0.3, 0.4) is 0 Å². The van der Waals surface area contributed by atoms with Crippen molar-refractivity contribution < 1.29 is 9.18 Å². The van der Waals surface area contributed by atoms with Crippen molar-refractivity contribution in [3.63, 3.8) is 0 Å². The number of alkyl halides is 2. The number of aryl methyl sites for hydroxylation is 1. The molecule has 3 nitrogen and oxygen atoms in total. The van der Waals surface area contributed by atoms with Crippen LogP contribution in [0.2, 0.25) is 0 Å². The lowest BCUT2D eigenvalue weighted by Gasteiger charge is -2.24. The van der Waals surface area contributed by atoms with Gasteiger partial charge >= 0.3 is 6.03 Å². The molecule has 1 aromatic carbocycles. The molecule has 110 valence electrons. The fourth-order valence-corrected chi connectivity index (χ4v) is 2.66. The highest BCUT2D eigenvalue weighted by atomic mass is 35.5. The maximum Gasteiger partial charge on any atom is 0.317 e. The van der Waals surface area contributed by atoms with Gasteiger partial charge in [0.1, 0.15) is 10.7 Å². The van der Waals surface area contributed by atoms with Crippen LogP contribution in [0.25, 0.3) is 0 Å². The van der Waals surface area contributed by atoms with Gasteiger partial charge in [-0.05, 0) is 37.0 Å². The summed E-state index contributed by atoms with van der Waals surface area (Å²) in [7, 11) is 0. The highest BCUT2D eigenvalue weighted by Crippen LogP contribution is 2.26. The van der Waals surface area contributed by atoms with E-state index in [2.05, 4.69) is 5.32 Å². The molecule has 6 heteroatoms. The Morgan fingerprint density at radius 1 is 1.35 bits per heavy atom. The first-order chi connectivity index (χ1) is 9.49. The first-order valence-electron chi connectivity index (χ1n) is 6.58. The Labute approximate surface area is 128 Å². The third-order valence-electron chi connectivity index (χ3n) is 3.48. The van der Waals surface area contributed by atoms with Gasteiger partial charge in [-0.1, -0.05) is 12.1 Å². The smallest absolute Gasteiger partial charge is 0.317 e. The molecular weight excluding hydrogens is 302 g/mol. The van der Waals surface area contributed by atoms with Gasteiger partial charge in [0.15, 0.2) is 0 Å². The molecule has 2 amide bonds. The Morgan fingerprint density at radius 2 is 2.00 bits per heavy atom. The highest BCUT2D eigenvalue weighted by Gasteiger charge is 2.26. The first kappa shape index (κ1) is 15.4. The van der Waals surface area contributed by atoms with Gasteiger partial charge in [-0.15, -0.1) is 23.2 Å². The van der Waals surface area contributed by atoms with Gasteiger partial charge in [-0.2, -0.15) is 0 Å². The molecule has 1 N–H and O–H groups in total. The summed E-state index contributed by atoms with van der Waals surface area (Å²) in [5.74, 6) is -0.336. The van der Waals surface area contributed by atoms with Crippen LogP contribution in [0.1, 0.15) is 30.0 Å². The van der Waals surface area contributed by atoms with E-state index in [9.17, 15) is 9.18 Å². The molecule has 1 aliphatic rings. The minimum Gasteiger partial charge on any atom is -0.328 e. The van der Waals surface area contributed by atoms with Crippen molar-refractivity contribution in [2.45, 2.75) is 30.6 Å². The van der Waals surface area contributed by atoms with Crippen LogP contribution in [-0.2, 0) is 0 Å². The van der Waals surface area contributed by atoms with Crippen LogP contribution in [0.15, 0.2) is 18.2 Å². The lowest BCUT2D eigenvalue weighted by Crippen LogP contribution is -2.41. The molecule has 1 aromatic rings. The second-order valence-corrected chi connectivity index (χ2v) is 6.13. The maximum absolute atomic E-state index is 13.6. The van der Waals surface area contributed by atoms with Crippen molar-refractivity contribution in [2.75, 3.05) is 13.1 Å². The Kier molecular flexibility index (Phi) is 5.11. The number of hydrogen-bond donors (Lipinski definition) is 1. The van der Waals surface area contributed by atoms with Crippen LogP contribution in [0, 0.1) is 12.7 Å². The Morgan fingerprint density at radius 3 is 2.55 bits per heavy atom. The van der Waals surface area contributed by atoms with E-state index in [4.69, 9.17) is 23.2 Å². The molecule has 1 heterocycles. The van der Waals surface area contributed by atoms with Crippen LogP contribution in [0.4, 0.5) is 9.18 Å². The summed E-state index contributed by atoms with van der Waals surface area (Å²) in [5.41, 5.74) is 1.11. The monoisotopic (exact) mass is 318 g/mol. The molecular formula is C14H17Cl2FN2O. The number of benzene rings is 1. The minimum atomic E-state index is -0.844. The van der Waals surface area contributed by atoms with Gasteiger partial charge in [0.2, 0.25) is 0 Å². The zero-order valence-corrected chi connectivity index (χ0v) is 12.7. The SMILES string of the molecule is Cc1ccc(C(NC(=O)N2CCCC2)C(Cl)Cl)cc1F. The second kappa shape index (κ2) is 6.64. The van der Waals surface area contributed by atoms with Crippen LogP contribution >= 0.6 is 23.2 Å². The number of nitrogens with one attached hydrogen (secondary N) is 1. The predicted molar refractivity (Wildman–Crippen MR) is 78.7 cm³/mol. The number of urea groups is 1. The topological polar surface area (TPSA) is 32.3 Å². The average Bonchev–Trinajstić information content (AvgIpc) is 2.93. The third-order valence-corrected chi connectivity index (χ3v) is 3.98. The molecule has 1 fully saturated rings. The zero-order valence-electron chi connectivity index (χ0n) is 11.2. The van der Waals surface area contributed by atoms with Gasteiger partial charge in [-0.3, -0.25) is 0 Å². The van der Waals surface area contributed by atoms with Gasteiger partial charge in [0, 0.05) is 13.1 Å². The molecule has 1 saturated heterocycles. The van der Waals surface area contributed by atoms with Gasteiger partial charge in [0.25, 0.3) is 0 Å². The standard InChI is InChI=1S/C14H17Cl2FN2O/c1-9-4-5-10(8-11(9)17)12(13(15)16)18-14(20)19-6-2-3-7-19/h4-5,8,12-13H,2-3,6-7H2,1H3,(H,18,20). The van der Waals surface area contributed by atoms with E-state index in [0.717, 1.165) is 25.9 Å². The summed E-state index contributed by atoms with van der Waals surface area (Å²) in [4.78, 5) is 13.0. The van der Waals surface area contributed by atoms with E-state index in [-0.39, 0.29) is 11.8 Å². The van der Waals surface area contributed by atoms with E-state index in [1.165, 1.54) is 6.07 Å². The van der Waals surface area contributed by atoms with Gasteiger partial charge < -0.3 is 10.2 Å². The third kappa shape index (κ3) is 3.55. The lowest BCUT2D eigenvalue weighted by molar-refractivity contribution is 0.205. The second-order valence-electron chi connectivity index (χ2n) is 4.96. The Hall–Kier alpha value is -1.00. The van der Waals surface area contributed by atoms with Gasteiger partial charge in [0.05, 0.1) is 6.04 Å². The number of hydrogen-bond acceptors (Lipinski definition) is 1. The number of nitrogens with zero attached hydrogens (tertiary/aromatic N) is 1. The Bertz CT molecular complexity index is 490. The van der Waals surface area contributed by atoms with Crippen molar-refractivity contribution >= 4 is 29.2 Å². The molecule has 0 saturated carbocycles. The number of carbonyl (C=O) groups is 1. The summed E-state index contributed by atoms with van der Waals surface area (Å²) in [5, 5.41) is 2.78. The number of halogens is 3. The summed E-state index contributed by atoms with van der Waals surface area (Å²) in [6.45, 7) is 3.14. The van der Waals surface area contributed by atoms with Gasteiger partial charge in [-0.25, -0.2) is 9.18 Å². The molecule has 20 heavy (non-hydrogen) atoms. The lowest BCUT2D eigenvalue weighted by atomic mass is 10.1. The summed E-state index contributed by atoms with van der Waals surface area (Å²) in [6.07, 6.45) is 2.00. The molecule has 0 radical (unpaired) electrons. The minimum absolute atomic E-state index is 0.209. The van der Waals surface area contributed by atoms with Crippen molar-refractivity contribution in [1.82, 2.24) is 10.2 Å². The molecule has 0 spiro atoms. The van der Waals surface area contributed by atoms with Crippen molar-refractivity contribution in [2.24, 2.45) is 0 Å². The van der Waals surface area contributed by atoms with Crippen LogP contribution < -0.4 is 5.32 Å². The Balaban J connectivity index is 2.13. The van der Waals surface area contributed by atoms with E-state index < -0.39 is 10.9 Å². The molecule has 1 aliphatic heterocycles.